The number of halogens is 1. The Labute approximate surface area is 130 Å². The number of nitrogens with zero attached hydrogens (tertiary/aromatic N) is 1. The van der Waals surface area contributed by atoms with E-state index in [1.165, 1.54) is 4.88 Å². The van der Waals surface area contributed by atoms with E-state index in [9.17, 15) is 4.39 Å². The minimum atomic E-state index is -0.195. The molecule has 0 aliphatic rings. The maximum Gasteiger partial charge on any atom is 0.126 e. The van der Waals surface area contributed by atoms with Crippen LogP contribution in [0.2, 0.25) is 0 Å². The highest BCUT2D eigenvalue weighted by molar-refractivity contribution is 7.09. The van der Waals surface area contributed by atoms with Crippen molar-refractivity contribution in [2.75, 3.05) is 4.90 Å². The molecule has 0 spiro atoms. The van der Waals surface area contributed by atoms with E-state index < -0.39 is 0 Å². The van der Waals surface area contributed by atoms with Crippen LogP contribution < -0.4 is 10.6 Å². The fourth-order valence-corrected chi connectivity index (χ4v) is 3.11. The molecule has 114 valence electrons. The van der Waals surface area contributed by atoms with Gasteiger partial charge in [-0.2, -0.15) is 0 Å². The first-order valence-electron chi connectivity index (χ1n) is 7.24. The van der Waals surface area contributed by atoms with Crippen molar-refractivity contribution in [1.82, 2.24) is 0 Å². The molecule has 2 N–H and O–H groups in total. The van der Waals surface area contributed by atoms with Crippen molar-refractivity contribution in [2.45, 2.75) is 46.3 Å². The largest absolute Gasteiger partial charge is 0.364 e. The normalized spacial score (nSPS) is 12.7. The van der Waals surface area contributed by atoms with Crippen LogP contribution in [0.25, 0.3) is 0 Å². The summed E-state index contributed by atoms with van der Waals surface area (Å²) >= 11 is 1.74. The molecule has 0 aliphatic heterocycles. The van der Waals surface area contributed by atoms with Crippen molar-refractivity contribution < 1.29 is 4.39 Å². The molecule has 1 atom stereocenters. The average molecular weight is 306 g/mol. The van der Waals surface area contributed by atoms with Gasteiger partial charge in [0.2, 0.25) is 0 Å². The predicted molar refractivity (Wildman–Crippen MR) is 89.4 cm³/mol. The number of hydrogen-bond acceptors (Lipinski definition) is 3. The molecule has 1 aromatic heterocycles. The Morgan fingerprint density at radius 3 is 2.52 bits per heavy atom. The van der Waals surface area contributed by atoms with Gasteiger partial charge in [0.15, 0.2) is 0 Å². The van der Waals surface area contributed by atoms with Gasteiger partial charge in [0.25, 0.3) is 0 Å². The summed E-state index contributed by atoms with van der Waals surface area (Å²) in [4.78, 5) is 3.58. The molecule has 0 radical (unpaired) electrons. The lowest BCUT2D eigenvalue weighted by atomic mass is 10.0. The highest BCUT2D eigenvalue weighted by atomic mass is 32.1. The summed E-state index contributed by atoms with van der Waals surface area (Å²) in [6.07, 6.45) is 0. The Morgan fingerprint density at radius 1 is 1.29 bits per heavy atom. The molecule has 0 saturated heterocycles. The Balaban J connectivity index is 2.46. The van der Waals surface area contributed by atoms with Gasteiger partial charge >= 0.3 is 0 Å². The lowest BCUT2D eigenvalue weighted by Gasteiger charge is -2.32. The van der Waals surface area contributed by atoms with Crippen molar-refractivity contribution in [3.63, 3.8) is 0 Å². The molecule has 0 amide bonds. The van der Waals surface area contributed by atoms with Gasteiger partial charge in [-0.05, 0) is 62.4 Å². The predicted octanol–water partition coefficient (Wildman–Crippen LogP) is 4.63. The monoisotopic (exact) mass is 306 g/mol. The second kappa shape index (κ2) is 6.58. The molecule has 0 fully saturated rings. The smallest absolute Gasteiger partial charge is 0.126 e. The zero-order chi connectivity index (χ0) is 15.6. The van der Waals surface area contributed by atoms with Crippen molar-refractivity contribution in [3.8, 4) is 0 Å². The molecule has 2 rings (SSSR count). The summed E-state index contributed by atoms with van der Waals surface area (Å²) in [6, 6.07) is 7.80. The summed E-state index contributed by atoms with van der Waals surface area (Å²) < 4.78 is 13.9. The van der Waals surface area contributed by atoms with E-state index in [0.717, 1.165) is 17.8 Å². The van der Waals surface area contributed by atoms with Crippen LogP contribution in [-0.2, 0) is 6.54 Å². The molecule has 21 heavy (non-hydrogen) atoms. The van der Waals surface area contributed by atoms with Crippen LogP contribution in [0.5, 0.6) is 0 Å². The molecular formula is C17H23FN2S. The molecular weight excluding hydrogens is 283 g/mol. The van der Waals surface area contributed by atoms with Crippen LogP contribution in [0, 0.1) is 12.7 Å². The molecule has 2 aromatic rings. The van der Waals surface area contributed by atoms with Crippen LogP contribution in [0.15, 0.2) is 29.6 Å². The van der Waals surface area contributed by atoms with E-state index in [-0.39, 0.29) is 11.9 Å². The van der Waals surface area contributed by atoms with Gasteiger partial charge in [-0.3, -0.25) is 0 Å². The third-order valence-corrected chi connectivity index (χ3v) is 4.50. The minimum Gasteiger partial charge on any atom is -0.364 e. The third-order valence-electron chi connectivity index (χ3n) is 3.64. The van der Waals surface area contributed by atoms with E-state index in [0.29, 0.717) is 11.6 Å². The first-order valence-corrected chi connectivity index (χ1v) is 8.12. The number of rotatable bonds is 5. The number of anilines is 1. The van der Waals surface area contributed by atoms with Gasteiger partial charge in [-0.25, -0.2) is 4.39 Å². The summed E-state index contributed by atoms with van der Waals surface area (Å²) in [7, 11) is 0. The molecule has 0 aliphatic carbocycles. The van der Waals surface area contributed by atoms with Gasteiger partial charge in [-0.15, -0.1) is 11.3 Å². The van der Waals surface area contributed by atoms with E-state index >= 15 is 0 Å². The summed E-state index contributed by atoms with van der Waals surface area (Å²) in [6.45, 7) is 8.82. The molecule has 0 saturated carbocycles. The highest BCUT2D eigenvalue weighted by Gasteiger charge is 2.19. The van der Waals surface area contributed by atoms with Gasteiger partial charge < -0.3 is 10.6 Å². The number of nitrogens with two attached hydrogens (primary N) is 1. The summed E-state index contributed by atoms with van der Waals surface area (Å²) in [5.41, 5.74) is 8.61. The van der Waals surface area contributed by atoms with Crippen LogP contribution >= 0.6 is 11.3 Å². The van der Waals surface area contributed by atoms with E-state index in [1.54, 1.807) is 24.3 Å². The SMILES string of the molecule is Cc1cc(N(Cc2cccs2)C(C)C)c(C(C)N)cc1F. The van der Waals surface area contributed by atoms with Gasteiger partial charge in [0.05, 0.1) is 6.54 Å². The quantitative estimate of drug-likeness (QED) is 0.872. The van der Waals surface area contributed by atoms with Crippen molar-refractivity contribution >= 4 is 17.0 Å². The van der Waals surface area contributed by atoms with Gasteiger partial charge in [0.1, 0.15) is 5.82 Å². The first kappa shape index (κ1) is 16.0. The number of thiophene rings is 1. The number of aryl methyl sites for hydroxylation is 1. The lowest BCUT2D eigenvalue weighted by molar-refractivity contribution is 0.609. The Hall–Kier alpha value is -1.39. The number of hydrogen-bond donors (Lipinski definition) is 1. The van der Waals surface area contributed by atoms with E-state index in [2.05, 4.69) is 36.3 Å². The fraction of sp³-hybridized carbons (Fsp3) is 0.412. The third kappa shape index (κ3) is 3.63. The van der Waals surface area contributed by atoms with Crippen LogP contribution in [0.4, 0.5) is 10.1 Å². The van der Waals surface area contributed by atoms with Crippen molar-refractivity contribution in [3.05, 3.63) is 51.5 Å². The molecule has 1 unspecified atom stereocenters. The molecule has 1 heterocycles. The topological polar surface area (TPSA) is 29.3 Å². The zero-order valence-electron chi connectivity index (χ0n) is 13.1. The second-order valence-electron chi connectivity index (χ2n) is 5.75. The van der Waals surface area contributed by atoms with Gasteiger partial charge in [0, 0.05) is 22.6 Å². The van der Waals surface area contributed by atoms with Crippen LogP contribution in [0.3, 0.4) is 0 Å². The van der Waals surface area contributed by atoms with E-state index in [4.69, 9.17) is 5.73 Å². The first-order chi connectivity index (χ1) is 9.90. The van der Waals surface area contributed by atoms with E-state index in [1.807, 2.05) is 13.0 Å². The second-order valence-corrected chi connectivity index (χ2v) is 6.78. The fourth-order valence-electron chi connectivity index (χ4n) is 2.41. The summed E-state index contributed by atoms with van der Waals surface area (Å²) in [5.74, 6) is -0.189. The maximum atomic E-state index is 13.9. The van der Waals surface area contributed by atoms with Crippen molar-refractivity contribution in [1.29, 1.82) is 0 Å². The summed E-state index contributed by atoms with van der Waals surface area (Å²) in [5, 5.41) is 2.08. The molecule has 4 heteroatoms. The Bertz CT molecular complexity index is 591. The average Bonchev–Trinajstić information content (AvgIpc) is 2.91. The Morgan fingerprint density at radius 2 is 2.00 bits per heavy atom. The van der Waals surface area contributed by atoms with Crippen LogP contribution in [-0.4, -0.2) is 6.04 Å². The highest BCUT2D eigenvalue weighted by Crippen LogP contribution is 2.31. The maximum absolute atomic E-state index is 13.9. The zero-order valence-corrected chi connectivity index (χ0v) is 13.9. The number of benzene rings is 1. The van der Waals surface area contributed by atoms with Gasteiger partial charge in [-0.1, -0.05) is 6.07 Å². The standard InChI is InChI=1S/C17H23FN2S/c1-11(2)20(10-14-6-5-7-21-14)17-8-12(3)16(18)9-15(17)13(4)19/h5-9,11,13H,10,19H2,1-4H3. The molecule has 1 aromatic carbocycles. The molecule has 2 nitrogen and oxygen atoms in total. The molecule has 0 bridgehead atoms. The minimum absolute atomic E-state index is 0.189. The lowest BCUT2D eigenvalue weighted by Crippen LogP contribution is -2.31. The van der Waals surface area contributed by atoms with Crippen LogP contribution in [0.1, 0.15) is 42.8 Å². The Kier molecular flexibility index (Phi) is 5.01. The van der Waals surface area contributed by atoms with Crippen molar-refractivity contribution in [2.24, 2.45) is 5.73 Å².